The van der Waals surface area contributed by atoms with E-state index in [4.69, 9.17) is 0 Å². The van der Waals surface area contributed by atoms with E-state index < -0.39 is 0 Å². The van der Waals surface area contributed by atoms with Crippen LogP contribution in [0.15, 0.2) is 28.7 Å². The quantitative estimate of drug-likeness (QED) is 0.662. The van der Waals surface area contributed by atoms with E-state index in [9.17, 15) is 5.11 Å². The minimum atomic E-state index is -0.363. The molecule has 0 saturated carbocycles. The molecule has 3 heteroatoms. The van der Waals surface area contributed by atoms with Crippen molar-refractivity contribution in [2.24, 2.45) is 0 Å². The largest absolute Gasteiger partial charge is 0.388 e. The highest BCUT2D eigenvalue weighted by atomic mass is 79.9. The normalized spacial score (nSPS) is 12.8. The Morgan fingerprint density at radius 1 is 1.10 bits per heavy atom. The van der Waals surface area contributed by atoms with Crippen molar-refractivity contribution in [1.29, 1.82) is 0 Å². The molecule has 1 N–H and O–H groups in total. The van der Waals surface area contributed by atoms with Gasteiger partial charge < -0.3 is 10.0 Å². The van der Waals surface area contributed by atoms with Crippen LogP contribution in [-0.4, -0.2) is 29.6 Å². The number of nitrogens with zero attached hydrogens (tertiary/aromatic N) is 1. The molecule has 0 amide bonds. The molecule has 1 rings (SSSR count). The lowest BCUT2D eigenvalue weighted by molar-refractivity contribution is 0.140. The second kappa shape index (κ2) is 10.4. The fraction of sp³-hybridized carbons (Fsp3) is 0.647. The number of unbranched alkanes of at least 4 members (excludes halogenated alkanes) is 2. The molecule has 0 saturated heterocycles. The second-order valence-corrected chi connectivity index (χ2v) is 6.32. The van der Waals surface area contributed by atoms with Crippen molar-refractivity contribution in [2.75, 3.05) is 19.6 Å². The molecule has 1 aromatic rings. The number of halogens is 1. The van der Waals surface area contributed by atoms with Gasteiger partial charge in [-0.3, -0.25) is 0 Å². The van der Waals surface area contributed by atoms with Crippen LogP contribution in [0.3, 0.4) is 0 Å². The average Bonchev–Trinajstić information content (AvgIpc) is 2.46. The Labute approximate surface area is 132 Å². The van der Waals surface area contributed by atoms with Gasteiger partial charge in [-0.2, -0.15) is 0 Å². The molecular formula is C17H28BrNO. The Morgan fingerprint density at radius 2 is 1.75 bits per heavy atom. The Bertz CT molecular complexity index is 362. The molecule has 0 aliphatic rings. The molecular weight excluding hydrogens is 314 g/mol. The van der Waals surface area contributed by atoms with Gasteiger partial charge in [0.2, 0.25) is 0 Å². The summed E-state index contributed by atoms with van der Waals surface area (Å²) in [5.41, 5.74) is 1.00. The van der Waals surface area contributed by atoms with Crippen molar-refractivity contribution in [3.8, 4) is 0 Å². The first-order valence-electron chi connectivity index (χ1n) is 7.83. The summed E-state index contributed by atoms with van der Waals surface area (Å²) in [6, 6.07) is 7.98. The van der Waals surface area contributed by atoms with Gasteiger partial charge in [0.1, 0.15) is 0 Å². The van der Waals surface area contributed by atoms with Crippen LogP contribution in [0.5, 0.6) is 0 Å². The van der Waals surface area contributed by atoms with E-state index in [0.717, 1.165) is 36.1 Å². The van der Waals surface area contributed by atoms with Crippen LogP contribution >= 0.6 is 15.9 Å². The van der Waals surface area contributed by atoms with Crippen LogP contribution in [0.1, 0.15) is 57.6 Å². The molecule has 0 aliphatic carbocycles. The van der Waals surface area contributed by atoms with Crippen LogP contribution in [0, 0.1) is 0 Å². The predicted molar refractivity (Wildman–Crippen MR) is 90.0 cm³/mol. The van der Waals surface area contributed by atoms with Crippen molar-refractivity contribution >= 4 is 15.9 Å². The molecule has 2 nitrogen and oxygen atoms in total. The van der Waals surface area contributed by atoms with Gasteiger partial charge in [-0.15, -0.1) is 0 Å². The molecule has 0 aromatic heterocycles. The minimum absolute atomic E-state index is 0.363. The van der Waals surface area contributed by atoms with Crippen molar-refractivity contribution in [2.45, 2.75) is 52.1 Å². The molecule has 1 atom stereocenters. The molecule has 0 radical (unpaired) electrons. The van der Waals surface area contributed by atoms with Gasteiger partial charge in [0.15, 0.2) is 0 Å². The third-order valence-corrected chi connectivity index (χ3v) is 4.10. The number of hydrogen-bond donors (Lipinski definition) is 1. The molecule has 0 fully saturated rings. The van der Waals surface area contributed by atoms with Gasteiger partial charge in [-0.25, -0.2) is 0 Å². The van der Waals surface area contributed by atoms with Crippen molar-refractivity contribution in [1.82, 2.24) is 4.90 Å². The van der Waals surface area contributed by atoms with Crippen molar-refractivity contribution in [3.63, 3.8) is 0 Å². The Hall–Kier alpha value is -0.380. The maximum Gasteiger partial charge on any atom is 0.0802 e. The van der Waals surface area contributed by atoms with Crippen LogP contribution in [0.2, 0.25) is 0 Å². The maximum atomic E-state index is 10.3. The molecule has 0 heterocycles. The summed E-state index contributed by atoms with van der Waals surface area (Å²) >= 11 is 3.46. The predicted octanol–water partition coefficient (Wildman–Crippen LogP) is 4.77. The van der Waals surface area contributed by atoms with E-state index in [1.807, 2.05) is 24.3 Å². The van der Waals surface area contributed by atoms with E-state index in [0.29, 0.717) is 0 Å². The summed E-state index contributed by atoms with van der Waals surface area (Å²) in [5, 5.41) is 10.3. The summed E-state index contributed by atoms with van der Waals surface area (Å²) in [4.78, 5) is 2.49. The first-order chi connectivity index (χ1) is 9.67. The van der Waals surface area contributed by atoms with Gasteiger partial charge in [-0.05, 0) is 50.0 Å². The fourth-order valence-electron chi connectivity index (χ4n) is 2.28. The van der Waals surface area contributed by atoms with Crippen LogP contribution in [-0.2, 0) is 0 Å². The molecule has 1 aromatic carbocycles. The standard InChI is InChI=1S/C17H28BrNO/c1-3-5-11-19(12-6-4-2)13-10-17(20)15-8-7-9-16(18)14-15/h7-9,14,17,20H,3-6,10-13H2,1-2H3. The molecule has 1 unspecified atom stereocenters. The number of benzene rings is 1. The highest BCUT2D eigenvalue weighted by molar-refractivity contribution is 9.10. The Kier molecular flexibility index (Phi) is 9.16. The lowest BCUT2D eigenvalue weighted by Gasteiger charge is -2.23. The summed E-state index contributed by atoms with van der Waals surface area (Å²) < 4.78 is 1.03. The van der Waals surface area contributed by atoms with E-state index in [-0.39, 0.29) is 6.10 Å². The van der Waals surface area contributed by atoms with Crippen molar-refractivity contribution in [3.05, 3.63) is 34.3 Å². The van der Waals surface area contributed by atoms with E-state index in [1.54, 1.807) is 0 Å². The lowest BCUT2D eigenvalue weighted by Crippen LogP contribution is -2.28. The molecule has 20 heavy (non-hydrogen) atoms. The Balaban J connectivity index is 2.44. The summed E-state index contributed by atoms with van der Waals surface area (Å²) in [7, 11) is 0. The van der Waals surface area contributed by atoms with Crippen LogP contribution < -0.4 is 0 Å². The zero-order chi connectivity index (χ0) is 14.8. The highest BCUT2D eigenvalue weighted by Crippen LogP contribution is 2.21. The minimum Gasteiger partial charge on any atom is -0.388 e. The van der Waals surface area contributed by atoms with E-state index in [1.165, 1.54) is 25.7 Å². The summed E-state index contributed by atoms with van der Waals surface area (Å²) in [6.45, 7) is 7.75. The van der Waals surface area contributed by atoms with Crippen LogP contribution in [0.4, 0.5) is 0 Å². The fourth-order valence-corrected chi connectivity index (χ4v) is 2.70. The maximum absolute atomic E-state index is 10.3. The number of rotatable bonds is 10. The van der Waals surface area contributed by atoms with Gasteiger partial charge in [-0.1, -0.05) is 54.8 Å². The molecule has 114 valence electrons. The first-order valence-corrected chi connectivity index (χ1v) is 8.62. The highest BCUT2D eigenvalue weighted by Gasteiger charge is 2.11. The van der Waals surface area contributed by atoms with Crippen molar-refractivity contribution < 1.29 is 5.11 Å². The van der Waals surface area contributed by atoms with Gasteiger partial charge in [0, 0.05) is 11.0 Å². The van der Waals surface area contributed by atoms with Gasteiger partial charge in [0.05, 0.1) is 6.10 Å². The topological polar surface area (TPSA) is 23.5 Å². The van der Waals surface area contributed by atoms with E-state index in [2.05, 4.69) is 34.7 Å². The zero-order valence-corrected chi connectivity index (χ0v) is 14.4. The summed E-state index contributed by atoms with van der Waals surface area (Å²) in [6.07, 6.45) is 5.41. The van der Waals surface area contributed by atoms with Gasteiger partial charge >= 0.3 is 0 Å². The molecule has 0 spiro atoms. The zero-order valence-electron chi connectivity index (χ0n) is 12.8. The molecule has 0 aliphatic heterocycles. The average molecular weight is 342 g/mol. The monoisotopic (exact) mass is 341 g/mol. The Morgan fingerprint density at radius 3 is 2.30 bits per heavy atom. The van der Waals surface area contributed by atoms with Crippen LogP contribution in [0.25, 0.3) is 0 Å². The third kappa shape index (κ3) is 6.87. The van der Waals surface area contributed by atoms with Gasteiger partial charge in [0.25, 0.3) is 0 Å². The molecule has 0 bridgehead atoms. The number of aliphatic hydroxyl groups is 1. The lowest BCUT2D eigenvalue weighted by atomic mass is 10.1. The second-order valence-electron chi connectivity index (χ2n) is 5.41. The smallest absolute Gasteiger partial charge is 0.0802 e. The number of hydrogen-bond acceptors (Lipinski definition) is 2. The third-order valence-electron chi connectivity index (χ3n) is 3.61. The summed E-state index contributed by atoms with van der Waals surface area (Å²) in [5.74, 6) is 0. The van der Waals surface area contributed by atoms with E-state index >= 15 is 0 Å². The SMILES string of the molecule is CCCCN(CCCC)CCC(O)c1cccc(Br)c1. The first kappa shape index (κ1) is 17.7. The number of aliphatic hydroxyl groups excluding tert-OH is 1.